The van der Waals surface area contributed by atoms with Gasteiger partial charge in [-0.1, -0.05) is 27.7 Å². The second kappa shape index (κ2) is 12.3. The van der Waals surface area contributed by atoms with E-state index in [1.54, 1.807) is 12.1 Å². The maximum Gasteiger partial charge on any atom is 0.254 e. The van der Waals surface area contributed by atoms with Crippen LogP contribution in [0.5, 0.6) is 17.2 Å². The van der Waals surface area contributed by atoms with Crippen LogP contribution in [0, 0.1) is 11.8 Å². The molecule has 0 aliphatic carbocycles. The number of benzene rings is 1. The van der Waals surface area contributed by atoms with Crippen LogP contribution in [0.2, 0.25) is 0 Å². The first-order valence-electron chi connectivity index (χ1n) is 11.3. The molecule has 1 heterocycles. The van der Waals surface area contributed by atoms with Crippen molar-refractivity contribution in [3.8, 4) is 17.2 Å². The van der Waals surface area contributed by atoms with Crippen LogP contribution in [0.25, 0.3) is 0 Å². The van der Waals surface area contributed by atoms with Crippen LogP contribution in [0.3, 0.4) is 0 Å². The van der Waals surface area contributed by atoms with E-state index in [4.69, 9.17) is 18.9 Å². The van der Waals surface area contributed by atoms with Crippen LogP contribution in [0.4, 0.5) is 0 Å². The summed E-state index contributed by atoms with van der Waals surface area (Å²) >= 11 is 0. The van der Waals surface area contributed by atoms with Crippen molar-refractivity contribution in [2.24, 2.45) is 11.8 Å². The van der Waals surface area contributed by atoms with Gasteiger partial charge in [-0.25, -0.2) is 0 Å². The van der Waals surface area contributed by atoms with Crippen molar-refractivity contribution in [2.75, 3.05) is 60.7 Å². The number of carbonyl (C=O) groups excluding carboxylic acids is 1. The van der Waals surface area contributed by atoms with Crippen molar-refractivity contribution in [1.82, 2.24) is 9.80 Å². The monoisotopic (exact) mass is 452 g/mol. The van der Waals surface area contributed by atoms with Gasteiger partial charge in [0.25, 0.3) is 5.91 Å². The second-order valence-corrected chi connectivity index (χ2v) is 9.08. The molecule has 2 atom stereocenters. The fraction of sp³-hybridized carbons (Fsp3) is 0.708. The summed E-state index contributed by atoms with van der Waals surface area (Å²) in [5.41, 5.74) is 0.475. The van der Waals surface area contributed by atoms with Gasteiger partial charge in [-0.2, -0.15) is 0 Å². The lowest BCUT2D eigenvalue weighted by Gasteiger charge is -2.37. The lowest BCUT2D eigenvalue weighted by atomic mass is 10.1. The van der Waals surface area contributed by atoms with Crippen molar-refractivity contribution < 1.29 is 28.8 Å². The predicted octanol–water partition coefficient (Wildman–Crippen LogP) is 2.53. The van der Waals surface area contributed by atoms with Crippen LogP contribution < -0.4 is 14.2 Å². The van der Waals surface area contributed by atoms with E-state index < -0.39 is 0 Å². The van der Waals surface area contributed by atoms with Crippen LogP contribution in [-0.4, -0.2) is 93.7 Å². The van der Waals surface area contributed by atoms with Crippen molar-refractivity contribution >= 4 is 5.91 Å². The van der Waals surface area contributed by atoms with E-state index in [1.807, 2.05) is 18.7 Å². The molecule has 8 nitrogen and oxygen atoms in total. The fourth-order valence-corrected chi connectivity index (χ4v) is 3.85. The number of hydrogen-bond donors (Lipinski definition) is 1. The van der Waals surface area contributed by atoms with Gasteiger partial charge >= 0.3 is 0 Å². The molecule has 32 heavy (non-hydrogen) atoms. The molecule has 1 aromatic carbocycles. The Kier molecular flexibility index (Phi) is 10.1. The molecule has 1 amide bonds. The normalized spacial score (nSPS) is 18.0. The molecule has 1 aliphatic heterocycles. The predicted molar refractivity (Wildman–Crippen MR) is 124 cm³/mol. The Hall–Kier alpha value is -2.03. The van der Waals surface area contributed by atoms with Crippen molar-refractivity contribution in [3.05, 3.63) is 17.7 Å². The SMILES string of the molecule is COc1cc(C(=O)N(CC(C)C)C[C@@H]2CN(C[C@H](O)C(C)C)CCO2)cc(OC)c1OC. The van der Waals surface area contributed by atoms with Crippen LogP contribution in [-0.2, 0) is 4.74 Å². The number of amides is 1. The van der Waals surface area contributed by atoms with E-state index in [-0.39, 0.29) is 24.0 Å². The van der Waals surface area contributed by atoms with E-state index >= 15 is 0 Å². The molecule has 2 rings (SSSR count). The molecular weight excluding hydrogens is 412 g/mol. The van der Waals surface area contributed by atoms with E-state index in [0.717, 1.165) is 6.54 Å². The first-order chi connectivity index (χ1) is 15.2. The highest BCUT2D eigenvalue weighted by Gasteiger charge is 2.28. The Morgan fingerprint density at radius 2 is 1.78 bits per heavy atom. The second-order valence-electron chi connectivity index (χ2n) is 9.08. The zero-order chi connectivity index (χ0) is 23.8. The highest BCUT2D eigenvalue weighted by molar-refractivity contribution is 5.95. The number of morpholine rings is 1. The van der Waals surface area contributed by atoms with E-state index in [2.05, 4.69) is 18.7 Å². The summed E-state index contributed by atoms with van der Waals surface area (Å²) in [5, 5.41) is 10.3. The molecule has 0 aromatic heterocycles. The topological polar surface area (TPSA) is 80.7 Å². The quantitative estimate of drug-likeness (QED) is 0.553. The Labute approximate surface area is 192 Å². The Balaban J connectivity index is 2.20. The van der Waals surface area contributed by atoms with Crippen molar-refractivity contribution in [2.45, 2.75) is 39.9 Å². The van der Waals surface area contributed by atoms with Gasteiger partial charge < -0.3 is 29.0 Å². The molecule has 1 N–H and O–H groups in total. The van der Waals surface area contributed by atoms with Crippen molar-refractivity contribution in [1.29, 1.82) is 0 Å². The minimum absolute atomic E-state index is 0.110. The maximum atomic E-state index is 13.5. The molecular formula is C24H40N2O6. The molecule has 0 saturated carbocycles. The van der Waals surface area contributed by atoms with Crippen LogP contribution >= 0.6 is 0 Å². The summed E-state index contributed by atoms with van der Waals surface area (Å²) in [7, 11) is 4.61. The van der Waals surface area contributed by atoms with Gasteiger partial charge in [0.15, 0.2) is 11.5 Å². The minimum Gasteiger partial charge on any atom is -0.493 e. The molecule has 0 spiro atoms. The molecule has 0 unspecified atom stereocenters. The van der Waals surface area contributed by atoms with Gasteiger partial charge in [-0.15, -0.1) is 0 Å². The number of methoxy groups -OCH3 is 3. The largest absolute Gasteiger partial charge is 0.493 e. The summed E-state index contributed by atoms with van der Waals surface area (Å²) < 4.78 is 22.2. The van der Waals surface area contributed by atoms with Crippen LogP contribution in [0.15, 0.2) is 12.1 Å². The third-order valence-corrected chi connectivity index (χ3v) is 5.65. The Bertz CT molecular complexity index is 714. The average molecular weight is 453 g/mol. The molecule has 0 radical (unpaired) electrons. The van der Waals surface area contributed by atoms with Gasteiger partial charge in [0.2, 0.25) is 5.75 Å². The van der Waals surface area contributed by atoms with Crippen LogP contribution in [0.1, 0.15) is 38.1 Å². The summed E-state index contributed by atoms with van der Waals surface area (Å²) in [4.78, 5) is 17.6. The number of rotatable bonds is 11. The molecule has 1 aromatic rings. The number of nitrogens with zero attached hydrogens (tertiary/aromatic N) is 2. The summed E-state index contributed by atoms with van der Waals surface area (Å²) in [5.74, 6) is 1.74. The minimum atomic E-state index is -0.374. The first kappa shape index (κ1) is 26.2. The first-order valence-corrected chi connectivity index (χ1v) is 11.3. The molecule has 1 saturated heterocycles. The van der Waals surface area contributed by atoms with Gasteiger partial charge in [-0.05, 0) is 24.0 Å². The Morgan fingerprint density at radius 1 is 1.16 bits per heavy atom. The van der Waals surface area contributed by atoms with Crippen molar-refractivity contribution in [3.63, 3.8) is 0 Å². The molecule has 1 fully saturated rings. The molecule has 8 heteroatoms. The number of ether oxygens (including phenoxy) is 4. The highest BCUT2D eigenvalue weighted by Crippen LogP contribution is 2.38. The number of β-amino-alcohol motifs (C(OH)–C–C–N with tert-alkyl or cyclic N) is 1. The fourth-order valence-electron chi connectivity index (χ4n) is 3.85. The lowest BCUT2D eigenvalue weighted by Crippen LogP contribution is -2.51. The average Bonchev–Trinajstić information content (AvgIpc) is 2.76. The highest BCUT2D eigenvalue weighted by atomic mass is 16.5. The smallest absolute Gasteiger partial charge is 0.254 e. The molecule has 1 aliphatic rings. The van der Waals surface area contributed by atoms with Gasteiger partial charge in [-0.3, -0.25) is 9.69 Å². The number of hydrogen-bond acceptors (Lipinski definition) is 7. The third-order valence-electron chi connectivity index (χ3n) is 5.65. The zero-order valence-electron chi connectivity index (χ0n) is 20.6. The summed E-state index contributed by atoms with van der Waals surface area (Å²) in [6.45, 7) is 11.9. The standard InChI is InChI=1S/C24H40N2O6/c1-16(2)12-26(14-19-13-25(8-9-32-19)15-20(27)17(3)4)24(28)18-10-21(29-5)23(31-7)22(11-18)30-6/h10-11,16-17,19-20,27H,8-9,12-15H2,1-7H3/t19-,20-/m0/s1. The lowest BCUT2D eigenvalue weighted by molar-refractivity contribution is -0.0547. The maximum absolute atomic E-state index is 13.5. The molecule has 0 bridgehead atoms. The number of aliphatic hydroxyl groups is 1. The Morgan fingerprint density at radius 3 is 2.28 bits per heavy atom. The summed E-state index contributed by atoms with van der Waals surface area (Å²) in [6, 6.07) is 3.37. The van der Waals surface area contributed by atoms with E-state index in [0.29, 0.717) is 61.5 Å². The van der Waals surface area contributed by atoms with Gasteiger partial charge in [0.05, 0.1) is 40.1 Å². The third kappa shape index (κ3) is 6.98. The molecule has 182 valence electrons. The zero-order valence-corrected chi connectivity index (χ0v) is 20.6. The van der Waals surface area contributed by atoms with Gasteiger partial charge in [0, 0.05) is 38.3 Å². The van der Waals surface area contributed by atoms with E-state index in [9.17, 15) is 9.90 Å². The number of aliphatic hydroxyl groups excluding tert-OH is 1. The number of carbonyl (C=O) groups is 1. The summed E-state index contributed by atoms with van der Waals surface area (Å²) in [6.07, 6.45) is -0.491. The van der Waals surface area contributed by atoms with E-state index in [1.165, 1.54) is 21.3 Å². The van der Waals surface area contributed by atoms with Gasteiger partial charge in [0.1, 0.15) is 0 Å².